The summed E-state index contributed by atoms with van der Waals surface area (Å²) in [4.78, 5) is 0. The van der Waals surface area contributed by atoms with Crippen LogP contribution in [0, 0.1) is 0 Å². The summed E-state index contributed by atoms with van der Waals surface area (Å²) in [7, 11) is 0. The lowest BCUT2D eigenvalue weighted by Crippen LogP contribution is -1.97. The molecule has 2 nitrogen and oxygen atoms in total. The third kappa shape index (κ3) is 9.82. The molecule has 0 aliphatic rings. The van der Waals surface area contributed by atoms with Crippen molar-refractivity contribution in [3.05, 3.63) is 72.8 Å². The Hall–Kier alpha value is -2.48. The molecule has 2 heteroatoms. The van der Waals surface area contributed by atoms with Gasteiger partial charge in [0.1, 0.15) is 18.1 Å². The molecule has 0 spiro atoms. The molecular weight excluding hydrogens is 368 g/mol. The summed E-state index contributed by atoms with van der Waals surface area (Å²) in [6.07, 6.45) is 18.6. The molecule has 0 atom stereocenters. The van der Waals surface area contributed by atoms with Crippen LogP contribution < -0.4 is 9.47 Å². The van der Waals surface area contributed by atoms with Crippen LogP contribution in [0.15, 0.2) is 72.8 Å². The minimum atomic E-state index is 0.578. The van der Waals surface area contributed by atoms with Crippen molar-refractivity contribution in [1.82, 2.24) is 0 Å². The number of allylic oxidation sites excluding steroid dienone is 3. The van der Waals surface area contributed by atoms with Crippen LogP contribution in [0.5, 0.6) is 11.5 Å². The minimum Gasteiger partial charge on any atom is -0.494 e. The number of hydrogen-bond donors (Lipinski definition) is 0. The van der Waals surface area contributed by atoms with E-state index in [1.807, 2.05) is 43.4 Å². The monoisotopic (exact) mass is 406 g/mol. The van der Waals surface area contributed by atoms with Gasteiger partial charge in [-0.2, -0.15) is 0 Å². The van der Waals surface area contributed by atoms with Gasteiger partial charge in [-0.05, 0) is 54.8 Å². The van der Waals surface area contributed by atoms with E-state index < -0.39 is 0 Å². The van der Waals surface area contributed by atoms with Crippen LogP contribution in [-0.4, -0.2) is 13.2 Å². The Bertz CT molecular complexity index is 726. The molecule has 0 aromatic heterocycles. The molecule has 0 heterocycles. The van der Waals surface area contributed by atoms with Crippen LogP contribution in [0.3, 0.4) is 0 Å². The molecule has 0 bridgehead atoms. The van der Waals surface area contributed by atoms with Gasteiger partial charge >= 0.3 is 0 Å². The van der Waals surface area contributed by atoms with Crippen molar-refractivity contribution >= 4 is 0 Å². The molecule has 0 saturated carbocycles. The molecule has 0 radical (unpaired) electrons. The number of ether oxygens (including phenoxy) is 2. The van der Waals surface area contributed by atoms with E-state index in [4.69, 9.17) is 9.47 Å². The van der Waals surface area contributed by atoms with Gasteiger partial charge in [-0.15, -0.1) is 0 Å². The van der Waals surface area contributed by atoms with Gasteiger partial charge in [-0.1, -0.05) is 94.4 Å². The fourth-order valence-electron chi connectivity index (χ4n) is 3.30. The van der Waals surface area contributed by atoms with Crippen molar-refractivity contribution < 1.29 is 9.47 Å². The molecule has 0 saturated heterocycles. The van der Waals surface area contributed by atoms with Gasteiger partial charge in [0.25, 0.3) is 0 Å². The first-order valence-electron chi connectivity index (χ1n) is 11.6. The molecule has 0 amide bonds. The number of hydrogen-bond acceptors (Lipinski definition) is 2. The van der Waals surface area contributed by atoms with Gasteiger partial charge < -0.3 is 9.47 Å². The second kappa shape index (κ2) is 15.4. The second-order valence-corrected chi connectivity index (χ2v) is 7.64. The highest BCUT2D eigenvalue weighted by Gasteiger charge is 2.00. The van der Waals surface area contributed by atoms with Gasteiger partial charge in [0.15, 0.2) is 0 Å². The quantitative estimate of drug-likeness (QED) is 0.218. The van der Waals surface area contributed by atoms with E-state index >= 15 is 0 Å². The summed E-state index contributed by atoms with van der Waals surface area (Å²) in [6.45, 7) is 5.65. The second-order valence-electron chi connectivity index (χ2n) is 7.64. The van der Waals surface area contributed by atoms with Gasteiger partial charge in [0.2, 0.25) is 0 Å². The maximum Gasteiger partial charge on any atom is 0.119 e. The summed E-state index contributed by atoms with van der Waals surface area (Å²) >= 11 is 0. The lowest BCUT2D eigenvalue weighted by Gasteiger charge is -2.08. The molecule has 0 fully saturated rings. The summed E-state index contributed by atoms with van der Waals surface area (Å²) in [5.41, 5.74) is 2.37. The first-order valence-corrected chi connectivity index (χ1v) is 11.6. The van der Waals surface area contributed by atoms with Crippen LogP contribution >= 0.6 is 0 Å². The molecule has 2 aromatic rings. The van der Waals surface area contributed by atoms with Gasteiger partial charge in [0, 0.05) is 0 Å². The van der Waals surface area contributed by atoms with Gasteiger partial charge in [-0.25, -0.2) is 0 Å². The molecule has 162 valence electrons. The zero-order chi connectivity index (χ0) is 21.3. The number of rotatable bonds is 15. The SMILES string of the molecule is CC=CC=CCOc1ccc(-c2ccc(OCCCCCCCCCC)cc2)cc1. The molecule has 0 N–H and O–H groups in total. The first-order chi connectivity index (χ1) is 14.8. The molecule has 0 unspecified atom stereocenters. The average molecular weight is 407 g/mol. The van der Waals surface area contributed by atoms with Crippen LogP contribution in [-0.2, 0) is 0 Å². The number of benzene rings is 2. The predicted molar refractivity (Wildman–Crippen MR) is 129 cm³/mol. The summed E-state index contributed by atoms with van der Waals surface area (Å²) in [6, 6.07) is 16.6. The Balaban J connectivity index is 1.67. The van der Waals surface area contributed by atoms with Gasteiger partial charge in [-0.3, -0.25) is 0 Å². The third-order valence-corrected chi connectivity index (χ3v) is 5.09. The lowest BCUT2D eigenvalue weighted by molar-refractivity contribution is 0.304. The van der Waals surface area contributed by atoms with Crippen LogP contribution in [0.1, 0.15) is 65.2 Å². The Morgan fingerprint density at radius 2 is 1.17 bits per heavy atom. The van der Waals surface area contributed by atoms with Crippen molar-refractivity contribution in [2.75, 3.05) is 13.2 Å². The summed E-state index contributed by atoms with van der Waals surface area (Å²) in [5.74, 6) is 1.84. The topological polar surface area (TPSA) is 18.5 Å². The maximum atomic E-state index is 5.90. The van der Waals surface area contributed by atoms with Crippen molar-refractivity contribution in [2.24, 2.45) is 0 Å². The Morgan fingerprint density at radius 3 is 1.73 bits per heavy atom. The van der Waals surface area contributed by atoms with Crippen LogP contribution in [0.2, 0.25) is 0 Å². The minimum absolute atomic E-state index is 0.578. The summed E-state index contributed by atoms with van der Waals surface area (Å²) in [5, 5.41) is 0. The molecule has 30 heavy (non-hydrogen) atoms. The van der Waals surface area contributed by atoms with E-state index in [0.29, 0.717) is 6.61 Å². The third-order valence-electron chi connectivity index (χ3n) is 5.09. The molecular formula is C28H38O2. The van der Waals surface area contributed by atoms with Gasteiger partial charge in [0.05, 0.1) is 6.61 Å². The zero-order valence-electron chi connectivity index (χ0n) is 18.8. The zero-order valence-corrected chi connectivity index (χ0v) is 18.8. The Labute approximate surface area is 183 Å². The van der Waals surface area contributed by atoms with E-state index in [1.165, 1.54) is 56.1 Å². The Morgan fingerprint density at radius 1 is 0.633 bits per heavy atom. The Kier molecular flexibility index (Phi) is 12.2. The normalized spacial score (nSPS) is 11.4. The average Bonchev–Trinajstić information content (AvgIpc) is 2.79. The van der Waals surface area contributed by atoms with Crippen molar-refractivity contribution in [3.8, 4) is 22.6 Å². The first kappa shape index (κ1) is 23.8. The van der Waals surface area contributed by atoms with Crippen LogP contribution in [0.4, 0.5) is 0 Å². The van der Waals surface area contributed by atoms with E-state index in [1.54, 1.807) is 0 Å². The molecule has 2 aromatic carbocycles. The largest absolute Gasteiger partial charge is 0.494 e. The fraction of sp³-hybridized carbons (Fsp3) is 0.429. The predicted octanol–water partition coefficient (Wildman–Crippen LogP) is 8.38. The smallest absolute Gasteiger partial charge is 0.119 e. The molecule has 0 aliphatic heterocycles. The van der Waals surface area contributed by atoms with Crippen molar-refractivity contribution in [2.45, 2.75) is 65.2 Å². The van der Waals surface area contributed by atoms with Crippen molar-refractivity contribution in [3.63, 3.8) is 0 Å². The van der Waals surface area contributed by atoms with E-state index in [0.717, 1.165) is 24.5 Å². The number of unbranched alkanes of at least 4 members (excludes halogenated alkanes) is 7. The maximum absolute atomic E-state index is 5.90. The highest BCUT2D eigenvalue weighted by molar-refractivity contribution is 5.64. The highest BCUT2D eigenvalue weighted by atomic mass is 16.5. The molecule has 0 aliphatic carbocycles. The standard InChI is InChI=1S/C28H38O2/c1-3-5-7-9-10-11-12-14-24-30-28-21-17-26(18-22-28)25-15-19-27(20-16-25)29-23-13-8-6-4-2/h4,6,8,13,15-22H,3,5,7,9-12,14,23-24H2,1-2H3. The highest BCUT2D eigenvalue weighted by Crippen LogP contribution is 2.25. The lowest BCUT2D eigenvalue weighted by atomic mass is 10.1. The van der Waals surface area contributed by atoms with E-state index in [2.05, 4.69) is 43.3 Å². The van der Waals surface area contributed by atoms with E-state index in [9.17, 15) is 0 Å². The fourth-order valence-corrected chi connectivity index (χ4v) is 3.30. The summed E-state index contributed by atoms with van der Waals surface area (Å²) < 4.78 is 11.6. The van der Waals surface area contributed by atoms with E-state index in [-0.39, 0.29) is 0 Å². The van der Waals surface area contributed by atoms with Crippen LogP contribution in [0.25, 0.3) is 11.1 Å². The van der Waals surface area contributed by atoms with Crippen molar-refractivity contribution in [1.29, 1.82) is 0 Å². The molecule has 2 rings (SSSR count).